The van der Waals surface area contributed by atoms with Crippen LogP contribution in [0.5, 0.6) is 0 Å². The summed E-state index contributed by atoms with van der Waals surface area (Å²) in [6.07, 6.45) is 5.45. The molecule has 3 rings (SSSR count). The molecule has 0 aromatic heterocycles. The van der Waals surface area contributed by atoms with Gasteiger partial charge >= 0.3 is 0 Å². The van der Waals surface area contributed by atoms with Crippen LogP contribution in [0.2, 0.25) is 0 Å². The van der Waals surface area contributed by atoms with Gasteiger partial charge in [-0.1, -0.05) is 19.1 Å². The monoisotopic (exact) mass is 247 g/mol. The summed E-state index contributed by atoms with van der Waals surface area (Å²) in [5.41, 5.74) is 1.25. The van der Waals surface area contributed by atoms with E-state index in [1.54, 1.807) is 12.1 Å². The highest BCUT2D eigenvalue weighted by Crippen LogP contribution is 2.42. The molecule has 0 bridgehead atoms. The highest BCUT2D eigenvalue weighted by atomic mass is 19.1. The van der Waals surface area contributed by atoms with E-state index < -0.39 is 0 Å². The first kappa shape index (κ1) is 12.2. The van der Waals surface area contributed by atoms with E-state index in [1.165, 1.54) is 31.2 Å². The van der Waals surface area contributed by atoms with Gasteiger partial charge < -0.3 is 5.32 Å². The first-order valence-electron chi connectivity index (χ1n) is 7.23. The van der Waals surface area contributed by atoms with E-state index in [0.29, 0.717) is 6.04 Å². The lowest BCUT2D eigenvalue weighted by Crippen LogP contribution is -2.28. The Kier molecular flexibility index (Phi) is 3.38. The van der Waals surface area contributed by atoms with Crippen LogP contribution in [0.25, 0.3) is 0 Å². The predicted molar refractivity (Wildman–Crippen MR) is 71.8 cm³/mol. The highest BCUT2D eigenvalue weighted by Gasteiger charge is 2.33. The number of hydrogen-bond acceptors (Lipinski definition) is 1. The Labute approximate surface area is 109 Å². The quantitative estimate of drug-likeness (QED) is 0.803. The molecule has 2 unspecified atom stereocenters. The van der Waals surface area contributed by atoms with Crippen molar-refractivity contribution >= 4 is 0 Å². The molecule has 0 saturated heterocycles. The van der Waals surface area contributed by atoms with E-state index in [0.717, 1.165) is 24.3 Å². The smallest absolute Gasteiger partial charge is 0.123 e. The zero-order chi connectivity index (χ0) is 12.5. The van der Waals surface area contributed by atoms with E-state index >= 15 is 0 Å². The number of benzene rings is 1. The Morgan fingerprint density at radius 2 is 1.72 bits per heavy atom. The largest absolute Gasteiger partial charge is 0.309 e. The van der Waals surface area contributed by atoms with E-state index in [9.17, 15) is 4.39 Å². The third-order valence-corrected chi connectivity index (χ3v) is 4.41. The maximum absolute atomic E-state index is 13.0. The van der Waals surface area contributed by atoms with Crippen LogP contribution in [0, 0.1) is 23.6 Å². The molecule has 1 aromatic carbocycles. The summed E-state index contributed by atoms with van der Waals surface area (Å²) < 4.78 is 13.0. The van der Waals surface area contributed by atoms with Gasteiger partial charge in [0.25, 0.3) is 0 Å². The Morgan fingerprint density at radius 1 is 1.11 bits per heavy atom. The molecule has 2 fully saturated rings. The second kappa shape index (κ2) is 5.00. The normalized spacial score (nSPS) is 22.8. The molecule has 0 radical (unpaired) electrons. The molecule has 2 aliphatic rings. The molecule has 0 amide bonds. The standard InChI is InChI=1S/C16H22FN/c1-11(12-2-3-12)10-18-16(13-4-5-13)14-6-8-15(17)9-7-14/h6-9,11-13,16,18H,2-5,10H2,1H3. The summed E-state index contributed by atoms with van der Waals surface area (Å²) in [6.45, 7) is 3.45. The SMILES string of the molecule is CC(CNC(c1ccc(F)cc1)C1CC1)C1CC1. The van der Waals surface area contributed by atoms with Crippen LogP contribution in [0.1, 0.15) is 44.2 Å². The van der Waals surface area contributed by atoms with Crippen LogP contribution in [-0.2, 0) is 0 Å². The van der Waals surface area contributed by atoms with Crippen LogP contribution >= 0.6 is 0 Å². The Bertz CT molecular complexity index is 392. The lowest BCUT2D eigenvalue weighted by Gasteiger charge is -2.21. The minimum atomic E-state index is -0.139. The van der Waals surface area contributed by atoms with E-state index in [-0.39, 0.29) is 5.82 Å². The zero-order valence-corrected chi connectivity index (χ0v) is 11.0. The summed E-state index contributed by atoms with van der Waals surface area (Å²) in [7, 11) is 0. The van der Waals surface area contributed by atoms with Crippen LogP contribution in [0.4, 0.5) is 4.39 Å². The lowest BCUT2D eigenvalue weighted by atomic mass is 10.0. The van der Waals surface area contributed by atoms with Crippen LogP contribution < -0.4 is 5.32 Å². The second-order valence-corrected chi connectivity index (χ2v) is 6.09. The Balaban J connectivity index is 1.62. The first-order valence-corrected chi connectivity index (χ1v) is 7.23. The number of halogens is 1. The summed E-state index contributed by atoms with van der Waals surface area (Å²) in [4.78, 5) is 0. The fourth-order valence-corrected chi connectivity index (χ4v) is 2.80. The minimum absolute atomic E-state index is 0.139. The van der Waals surface area contributed by atoms with Crippen molar-refractivity contribution in [3.63, 3.8) is 0 Å². The maximum atomic E-state index is 13.0. The molecule has 2 aliphatic carbocycles. The number of hydrogen-bond donors (Lipinski definition) is 1. The van der Waals surface area contributed by atoms with Gasteiger partial charge in [0.2, 0.25) is 0 Å². The Morgan fingerprint density at radius 3 is 2.28 bits per heavy atom. The molecule has 2 heteroatoms. The van der Waals surface area contributed by atoms with Crippen molar-refractivity contribution in [2.24, 2.45) is 17.8 Å². The average Bonchev–Trinajstić information content (AvgIpc) is 3.24. The highest BCUT2D eigenvalue weighted by molar-refractivity contribution is 5.22. The summed E-state index contributed by atoms with van der Waals surface area (Å²) in [6, 6.07) is 7.47. The van der Waals surface area contributed by atoms with Crippen molar-refractivity contribution in [2.75, 3.05) is 6.54 Å². The zero-order valence-electron chi connectivity index (χ0n) is 11.0. The molecular formula is C16H22FN. The lowest BCUT2D eigenvalue weighted by molar-refractivity contribution is 0.398. The molecule has 18 heavy (non-hydrogen) atoms. The summed E-state index contributed by atoms with van der Waals surface area (Å²) in [5.74, 6) is 2.36. The van der Waals surface area contributed by atoms with Gasteiger partial charge in [-0.25, -0.2) is 4.39 Å². The Hall–Kier alpha value is -0.890. The van der Waals surface area contributed by atoms with Crippen LogP contribution in [-0.4, -0.2) is 6.54 Å². The summed E-state index contributed by atoms with van der Waals surface area (Å²) >= 11 is 0. The van der Waals surface area contributed by atoms with Crippen molar-refractivity contribution in [2.45, 2.75) is 38.6 Å². The van der Waals surface area contributed by atoms with Crippen molar-refractivity contribution in [1.82, 2.24) is 5.32 Å². The molecular weight excluding hydrogens is 225 g/mol. The molecule has 1 aromatic rings. The van der Waals surface area contributed by atoms with Gasteiger partial charge in [0, 0.05) is 6.04 Å². The molecule has 0 spiro atoms. The maximum Gasteiger partial charge on any atom is 0.123 e. The van der Waals surface area contributed by atoms with Gasteiger partial charge in [-0.05, 0) is 67.7 Å². The molecule has 2 atom stereocenters. The van der Waals surface area contributed by atoms with Crippen molar-refractivity contribution < 1.29 is 4.39 Å². The van der Waals surface area contributed by atoms with Crippen molar-refractivity contribution in [1.29, 1.82) is 0 Å². The predicted octanol–water partition coefficient (Wildman–Crippen LogP) is 3.91. The minimum Gasteiger partial charge on any atom is -0.309 e. The molecule has 98 valence electrons. The van der Waals surface area contributed by atoms with Crippen LogP contribution in [0.3, 0.4) is 0 Å². The van der Waals surface area contributed by atoms with Gasteiger partial charge in [-0.2, -0.15) is 0 Å². The van der Waals surface area contributed by atoms with Crippen molar-refractivity contribution in [3.8, 4) is 0 Å². The molecule has 0 aliphatic heterocycles. The van der Waals surface area contributed by atoms with Gasteiger partial charge in [-0.3, -0.25) is 0 Å². The molecule has 2 saturated carbocycles. The number of rotatable bonds is 6. The second-order valence-electron chi connectivity index (χ2n) is 6.09. The van der Waals surface area contributed by atoms with Gasteiger partial charge in [-0.15, -0.1) is 0 Å². The summed E-state index contributed by atoms with van der Waals surface area (Å²) in [5, 5.41) is 3.72. The van der Waals surface area contributed by atoms with Crippen molar-refractivity contribution in [3.05, 3.63) is 35.6 Å². The topological polar surface area (TPSA) is 12.0 Å². The molecule has 1 nitrogen and oxygen atoms in total. The first-order chi connectivity index (χ1) is 8.74. The van der Waals surface area contributed by atoms with Gasteiger partial charge in [0.1, 0.15) is 5.82 Å². The van der Waals surface area contributed by atoms with Crippen LogP contribution in [0.15, 0.2) is 24.3 Å². The molecule has 1 N–H and O–H groups in total. The van der Waals surface area contributed by atoms with E-state index in [1.807, 2.05) is 12.1 Å². The number of nitrogens with one attached hydrogen (secondary N) is 1. The molecule has 0 heterocycles. The van der Waals surface area contributed by atoms with E-state index in [4.69, 9.17) is 0 Å². The van der Waals surface area contributed by atoms with Gasteiger partial charge in [0.05, 0.1) is 0 Å². The fourth-order valence-electron chi connectivity index (χ4n) is 2.80. The van der Waals surface area contributed by atoms with E-state index in [2.05, 4.69) is 12.2 Å². The fraction of sp³-hybridized carbons (Fsp3) is 0.625. The average molecular weight is 247 g/mol. The third kappa shape index (κ3) is 2.92. The third-order valence-electron chi connectivity index (χ3n) is 4.41. The van der Waals surface area contributed by atoms with Gasteiger partial charge in [0.15, 0.2) is 0 Å².